The number of carbonyl (C=O) groups excluding carboxylic acids is 1. The first kappa shape index (κ1) is 25.5. The number of carbonyl (C=O) groups is 1. The molecule has 1 saturated carbocycles. The Balaban J connectivity index is 0.00000341. The summed E-state index contributed by atoms with van der Waals surface area (Å²) in [5, 5.41) is 3.41. The van der Waals surface area contributed by atoms with Crippen LogP contribution in [-0.2, 0) is 11.3 Å². The quantitative estimate of drug-likeness (QED) is 0.296. The summed E-state index contributed by atoms with van der Waals surface area (Å²) in [7, 11) is 1.68. The van der Waals surface area contributed by atoms with Crippen LogP contribution in [0, 0.1) is 5.92 Å². The van der Waals surface area contributed by atoms with Gasteiger partial charge in [-0.25, -0.2) is 4.99 Å². The normalized spacial score (nSPS) is 19.6. The number of halogens is 1. The van der Waals surface area contributed by atoms with E-state index in [4.69, 9.17) is 20.2 Å². The maximum absolute atomic E-state index is 11.3. The summed E-state index contributed by atoms with van der Waals surface area (Å²) in [4.78, 5) is 18.5. The molecule has 3 rings (SSSR count). The van der Waals surface area contributed by atoms with Gasteiger partial charge in [-0.1, -0.05) is 0 Å². The lowest BCUT2D eigenvalue weighted by atomic mass is 9.95. The molecule has 1 aromatic carbocycles. The van der Waals surface area contributed by atoms with Gasteiger partial charge in [-0.15, -0.1) is 24.0 Å². The highest BCUT2D eigenvalue weighted by molar-refractivity contribution is 14.0. The molecule has 1 aliphatic heterocycles. The van der Waals surface area contributed by atoms with Crippen molar-refractivity contribution in [3.8, 4) is 11.5 Å². The summed E-state index contributed by atoms with van der Waals surface area (Å²) in [5.74, 6) is 2.62. The van der Waals surface area contributed by atoms with Gasteiger partial charge in [0, 0.05) is 37.7 Å². The highest BCUT2D eigenvalue weighted by atomic mass is 127. The first-order valence-corrected chi connectivity index (χ1v) is 11.2. The average Bonchev–Trinajstić information content (AvgIpc) is 3.24. The number of ether oxygens (including phenoxy) is 2. The van der Waals surface area contributed by atoms with E-state index in [1.807, 2.05) is 18.2 Å². The fourth-order valence-corrected chi connectivity index (χ4v) is 4.38. The van der Waals surface area contributed by atoms with Crippen LogP contribution in [0.5, 0.6) is 11.5 Å². The van der Waals surface area contributed by atoms with Crippen molar-refractivity contribution in [1.29, 1.82) is 0 Å². The number of hydrogen-bond acceptors (Lipinski definition) is 4. The number of methoxy groups -OCH3 is 1. The Morgan fingerprint density at radius 1 is 1.26 bits per heavy atom. The van der Waals surface area contributed by atoms with Gasteiger partial charge in [0.1, 0.15) is 11.5 Å². The van der Waals surface area contributed by atoms with Crippen LogP contribution in [0.3, 0.4) is 0 Å². The molecule has 1 saturated heterocycles. The van der Waals surface area contributed by atoms with E-state index in [9.17, 15) is 4.79 Å². The monoisotopic (exact) mass is 544 g/mol. The van der Waals surface area contributed by atoms with Gasteiger partial charge in [0.25, 0.3) is 0 Å². The molecular weight excluding hydrogens is 507 g/mol. The third-order valence-electron chi connectivity index (χ3n) is 5.91. The lowest BCUT2D eigenvalue weighted by Gasteiger charge is -2.34. The first-order chi connectivity index (χ1) is 14.6. The second-order valence-electron chi connectivity index (χ2n) is 8.29. The van der Waals surface area contributed by atoms with Crippen LogP contribution in [0.4, 0.5) is 0 Å². The minimum absolute atomic E-state index is 0. The zero-order chi connectivity index (χ0) is 21.3. The number of aliphatic imine (C=N–C) groups is 1. The second-order valence-corrected chi connectivity index (χ2v) is 8.29. The van der Waals surface area contributed by atoms with Crippen molar-refractivity contribution in [2.24, 2.45) is 16.6 Å². The summed E-state index contributed by atoms with van der Waals surface area (Å²) in [6, 6.07) is 5.98. The van der Waals surface area contributed by atoms with Gasteiger partial charge in [-0.3, -0.25) is 4.79 Å². The Morgan fingerprint density at radius 3 is 2.71 bits per heavy atom. The Bertz CT molecular complexity index is 738. The first-order valence-electron chi connectivity index (χ1n) is 11.2. The van der Waals surface area contributed by atoms with Crippen molar-refractivity contribution in [3.05, 3.63) is 23.8 Å². The third-order valence-corrected chi connectivity index (χ3v) is 5.91. The van der Waals surface area contributed by atoms with Gasteiger partial charge < -0.3 is 25.4 Å². The van der Waals surface area contributed by atoms with Crippen molar-refractivity contribution in [2.45, 2.75) is 64.5 Å². The molecule has 1 unspecified atom stereocenters. The standard InChI is InChI=1S/C23H36N4O3.HI/c1-3-25-23(27-12-6-7-17(16-27)13-22(24)28)26-15-18-10-11-20(29-2)14-21(18)30-19-8-4-5-9-19;/h10-11,14,17,19H,3-9,12-13,15-16H2,1-2H3,(H2,24,28)(H,25,26);1H. The highest BCUT2D eigenvalue weighted by Gasteiger charge is 2.24. The number of hydrogen-bond donors (Lipinski definition) is 2. The average molecular weight is 544 g/mol. The Labute approximate surface area is 203 Å². The molecule has 174 valence electrons. The van der Waals surface area contributed by atoms with Gasteiger partial charge in [-0.05, 0) is 63.5 Å². The predicted octanol–water partition coefficient (Wildman–Crippen LogP) is 3.69. The minimum atomic E-state index is -0.226. The zero-order valence-electron chi connectivity index (χ0n) is 18.8. The molecule has 2 aliphatic rings. The summed E-state index contributed by atoms with van der Waals surface area (Å²) in [5.41, 5.74) is 6.48. The number of primary amides is 1. The van der Waals surface area contributed by atoms with Crippen LogP contribution in [0.1, 0.15) is 57.4 Å². The maximum Gasteiger partial charge on any atom is 0.217 e. The molecule has 1 aliphatic carbocycles. The van der Waals surface area contributed by atoms with Gasteiger partial charge in [0.15, 0.2) is 5.96 Å². The topological polar surface area (TPSA) is 89.2 Å². The van der Waals surface area contributed by atoms with Gasteiger partial charge >= 0.3 is 0 Å². The van der Waals surface area contributed by atoms with Crippen molar-refractivity contribution < 1.29 is 14.3 Å². The van der Waals surface area contributed by atoms with E-state index in [0.29, 0.717) is 18.9 Å². The number of likely N-dealkylation sites (tertiary alicyclic amines) is 1. The molecule has 2 fully saturated rings. The van der Waals surface area contributed by atoms with E-state index < -0.39 is 0 Å². The molecule has 3 N–H and O–H groups in total. The number of nitrogens with zero attached hydrogens (tertiary/aromatic N) is 2. The number of guanidine groups is 1. The second kappa shape index (κ2) is 13.0. The van der Waals surface area contributed by atoms with Crippen LogP contribution in [0.25, 0.3) is 0 Å². The summed E-state index contributed by atoms with van der Waals surface area (Å²) < 4.78 is 11.7. The predicted molar refractivity (Wildman–Crippen MR) is 134 cm³/mol. The molecule has 1 aromatic rings. The SMILES string of the molecule is CCNC(=NCc1ccc(OC)cc1OC1CCCC1)N1CCCC(CC(N)=O)C1.I. The highest BCUT2D eigenvalue weighted by Crippen LogP contribution is 2.30. The minimum Gasteiger partial charge on any atom is -0.497 e. The van der Waals surface area contributed by atoms with E-state index in [-0.39, 0.29) is 36.0 Å². The number of piperidine rings is 1. The van der Waals surface area contributed by atoms with Crippen molar-refractivity contribution in [2.75, 3.05) is 26.7 Å². The molecule has 31 heavy (non-hydrogen) atoms. The number of amides is 1. The van der Waals surface area contributed by atoms with Gasteiger partial charge in [0.2, 0.25) is 5.91 Å². The molecular formula is C23H37IN4O3. The fraction of sp³-hybridized carbons (Fsp3) is 0.652. The molecule has 0 radical (unpaired) electrons. The molecule has 1 atom stereocenters. The molecule has 8 heteroatoms. The van der Waals surface area contributed by atoms with Gasteiger partial charge in [0.05, 0.1) is 19.8 Å². The maximum atomic E-state index is 11.3. The van der Waals surface area contributed by atoms with Crippen LogP contribution in [-0.4, -0.2) is 49.6 Å². The van der Waals surface area contributed by atoms with Crippen LogP contribution in [0.2, 0.25) is 0 Å². The summed E-state index contributed by atoms with van der Waals surface area (Å²) >= 11 is 0. The summed E-state index contributed by atoms with van der Waals surface area (Å²) in [6.45, 7) is 5.15. The number of nitrogens with two attached hydrogens (primary N) is 1. The number of rotatable bonds is 8. The molecule has 0 spiro atoms. The zero-order valence-corrected chi connectivity index (χ0v) is 21.1. The smallest absolute Gasteiger partial charge is 0.217 e. The van der Waals surface area contributed by atoms with E-state index in [1.54, 1.807) is 7.11 Å². The molecule has 7 nitrogen and oxygen atoms in total. The Kier molecular flexibility index (Phi) is 10.7. The lowest BCUT2D eigenvalue weighted by molar-refractivity contribution is -0.119. The molecule has 0 aromatic heterocycles. The number of nitrogens with one attached hydrogen (secondary N) is 1. The van der Waals surface area contributed by atoms with Crippen molar-refractivity contribution in [1.82, 2.24) is 10.2 Å². The lowest BCUT2D eigenvalue weighted by Crippen LogP contribution is -2.47. The molecule has 1 amide bonds. The van der Waals surface area contributed by atoms with E-state index in [2.05, 4.69) is 17.1 Å². The fourth-order valence-electron chi connectivity index (χ4n) is 4.38. The largest absolute Gasteiger partial charge is 0.497 e. The van der Waals surface area contributed by atoms with Crippen LogP contribution >= 0.6 is 24.0 Å². The Hall–Kier alpha value is -1.71. The molecule has 1 heterocycles. The van der Waals surface area contributed by atoms with Crippen molar-refractivity contribution in [3.63, 3.8) is 0 Å². The van der Waals surface area contributed by atoms with Crippen molar-refractivity contribution >= 4 is 35.8 Å². The van der Waals surface area contributed by atoms with Gasteiger partial charge in [-0.2, -0.15) is 0 Å². The Morgan fingerprint density at radius 2 is 2.03 bits per heavy atom. The number of benzene rings is 1. The third kappa shape index (κ3) is 7.73. The summed E-state index contributed by atoms with van der Waals surface area (Å²) in [6.07, 6.45) is 7.48. The van der Waals surface area contributed by atoms with E-state index in [1.165, 1.54) is 12.8 Å². The van der Waals surface area contributed by atoms with E-state index in [0.717, 1.165) is 68.3 Å². The van der Waals surface area contributed by atoms with Crippen LogP contribution < -0.4 is 20.5 Å². The van der Waals surface area contributed by atoms with Crippen LogP contribution in [0.15, 0.2) is 23.2 Å². The molecule has 0 bridgehead atoms. The van der Waals surface area contributed by atoms with E-state index >= 15 is 0 Å².